The third kappa shape index (κ3) is 74.5. The lowest BCUT2D eigenvalue weighted by molar-refractivity contribution is -0.870. The van der Waals surface area contributed by atoms with Gasteiger partial charge in [-0.1, -0.05) is 358 Å². The maximum Gasteiger partial charge on any atom is 0.306 e. The van der Waals surface area contributed by atoms with Crippen LogP contribution in [0.2, 0.25) is 0 Å². The fraction of sp³-hybridized carbons (Fsp3) is 0.866. The molecule has 0 aromatic heterocycles. The smallest absolute Gasteiger partial charge is 0.306 e. The van der Waals surface area contributed by atoms with Gasteiger partial charge in [0.15, 0.2) is 12.4 Å². The highest BCUT2D eigenvalue weighted by Crippen LogP contribution is 2.19. The summed E-state index contributed by atoms with van der Waals surface area (Å²) < 4.78 is 22.9. The molecular formula is C82H153NO8. The standard InChI is InChI=1S/C82H153NO8/c1-6-8-10-12-14-16-18-20-22-24-26-28-30-32-34-36-37-38-39-40-41-42-43-45-46-48-50-52-54-56-58-60-62-64-66-68-70-72-79(84)89-76-78(77-90-82(81(86)87)88-75-74-83(3,4)5)91-80(85)73-71-69-67-65-63-61-59-57-55-53-51-49-47-44-35-33-31-29-27-25-23-21-19-17-15-13-11-9-7-2/h19,21,24-27,31,33,78,82H,6-18,20,22-23,28-30,32,34-77H2,1-5H3/b21-19-,26-24-,27-25-,33-31-. The van der Waals surface area contributed by atoms with Gasteiger partial charge >= 0.3 is 11.9 Å². The van der Waals surface area contributed by atoms with E-state index in [-0.39, 0.29) is 32.2 Å². The van der Waals surface area contributed by atoms with E-state index in [0.717, 1.165) is 44.9 Å². The molecule has 0 aromatic rings. The predicted molar refractivity (Wildman–Crippen MR) is 389 cm³/mol. The van der Waals surface area contributed by atoms with E-state index in [1.54, 1.807) is 0 Å². The number of allylic oxidation sites excluding steroid dienone is 8. The minimum Gasteiger partial charge on any atom is -0.545 e. The van der Waals surface area contributed by atoms with Crippen molar-refractivity contribution in [3.8, 4) is 0 Å². The van der Waals surface area contributed by atoms with E-state index in [1.165, 1.54) is 321 Å². The van der Waals surface area contributed by atoms with Crippen LogP contribution in [0.5, 0.6) is 0 Å². The minimum absolute atomic E-state index is 0.149. The van der Waals surface area contributed by atoms with E-state index in [2.05, 4.69) is 62.5 Å². The van der Waals surface area contributed by atoms with Crippen molar-refractivity contribution in [2.24, 2.45) is 0 Å². The van der Waals surface area contributed by atoms with E-state index >= 15 is 0 Å². The Morgan fingerprint density at radius 2 is 0.593 bits per heavy atom. The third-order valence-corrected chi connectivity index (χ3v) is 18.0. The number of hydrogen-bond acceptors (Lipinski definition) is 8. The summed E-state index contributed by atoms with van der Waals surface area (Å²) in [4.78, 5) is 37.6. The normalized spacial score (nSPS) is 12.8. The summed E-state index contributed by atoms with van der Waals surface area (Å²) in [5.74, 6) is -2.26. The zero-order valence-corrected chi connectivity index (χ0v) is 61.2. The highest BCUT2D eigenvalue weighted by molar-refractivity contribution is 5.70. The summed E-state index contributed by atoms with van der Waals surface area (Å²) in [5, 5.41) is 11.9. The van der Waals surface area contributed by atoms with Gasteiger partial charge in [0.1, 0.15) is 13.2 Å². The molecule has 0 aliphatic carbocycles. The van der Waals surface area contributed by atoms with Crippen LogP contribution >= 0.6 is 0 Å². The van der Waals surface area contributed by atoms with Gasteiger partial charge in [-0.15, -0.1) is 0 Å². The number of carboxylic acids is 1. The van der Waals surface area contributed by atoms with Crippen molar-refractivity contribution in [1.29, 1.82) is 0 Å². The van der Waals surface area contributed by atoms with Crippen LogP contribution < -0.4 is 5.11 Å². The van der Waals surface area contributed by atoms with Gasteiger partial charge in [-0.25, -0.2) is 0 Å². The molecule has 0 fully saturated rings. The number of quaternary nitrogens is 1. The number of aliphatic carboxylic acids is 1. The Morgan fingerprint density at radius 3 is 0.890 bits per heavy atom. The van der Waals surface area contributed by atoms with Crippen LogP contribution in [0.3, 0.4) is 0 Å². The number of likely N-dealkylation sites (N-methyl/N-ethyl adjacent to an activating group) is 1. The Bertz CT molecular complexity index is 1630. The SMILES string of the molecule is CCCCCCC/C=C\C/C=C\C/C=C\CCCCCCCCCCCCCCCCC(=O)OC(COC(=O)CCCCCCCCCCCCCCCCCCCCCCCCCCC/C=C\CCCCCCCCCC)COC(OCC[N+](C)(C)C)C(=O)[O-]. The first kappa shape index (κ1) is 88.2. The lowest BCUT2D eigenvalue weighted by Crippen LogP contribution is -2.44. The zero-order chi connectivity index (χ0) is 66.1. The Balaban J connectivity index is 3.98. The molecular weight excluding hydrogens is 1130 g/mol. The largest absolute Gasteiger partial charge is 0.545 e. The van der Waals surface area contributed by atoms with Gasteiger partial charge in [0, 0.05) is 12.8 Å². The third-order valence-electron chi connectivity index (χ3n) is 18.0. The highest BCUT2D eigenvalue weighted by Gasteiger charge is 2.22. The number of hydrogen-bond donors (Lipinski definition) is 0. The summed E-state index contributed by atoms with van der Waals surface area (Å²) >= 11 is 0. The average Bonchev–Trinajstić information content (AvgIpc) is 3.66. The molecule has 0 saturated heterocycles. The Kier molecular flexibility index (Phi) is 70.9. The summed E-state index contributed by atoms with van der Waals surface area (Å²) in [6.45, 7) is 4.80. The molecule has 0 aliphatic rings. The molecule has 0 heterocycles. The maximum atomic E-state index is 13.0. The number of unbranched alkanes of at least 4 members (excludes halogenated alkanes) is 52. The van der Waals surface area contributed by atoms with Gasteiger partial charge in [0.05, 0.1) is 40.3 Å². The number of nitrogens with zero attached hydrogens (tertiary/aromatic N) is 1. The van der Waals surface area contributed by atoms with Gasteiger partial charge in [0.2, 0.25) is 0 Å². The molecule has 0 aromatic carbocycles. The van der Waals surface area contributed by atoms with Crippen molar-refractivity contribution in [2.45, 2.75) is 411 Å². The molecule has 0 bridgehead atoms. The average molecular weight is 1280 g/mol. The molecule has 0 aliphatic heterocycles. The molecule has 9 nitrogen and oxygen atoms in total. The van der Waals surface area contributed by atoms with E-state index < -0.39 is 24.3 Å². The lowest BCUT2D eigenvalue weighted by Gasteiger charge is -2.26. The molecule has 9 heteroatoms. The highest BCUT2D eigenvalue weighted by atomic mass is 16.7. The molecule has 0 spiro atoms. The number of carbonyl (C=O) groups excluding carboxylic acids is 3. The fourth-order valence-corrected chi connectivity index (χ4v) is 12.0. The summed E-state index contributed by atoms with van der Waals surface area (Å²) in [6, 6.07) is 0. The van der Waals surface area contributed by atoms with Gasteiger partial charge in [-0.2, -0.15) is 0 Å². The molecule has 91 heavy (non-hydrogen) atoms. The zero-order valence-electron chi connectivity index (χ0n) is 61.2. The topological polar surface area (TPSA) is 111 Å². The van der Waals surface area contributed by atoms with Crippen molar-refractivity contribution in [3.63, 3.8) is 0 Å². The summed E-state index contributed by atoms with van der Waals surface area (Å²) in [6.07, 6.45) is 92.4. The van der Waals surface area contributed by atoms with Crippen molar-refractivity contribution in [1.82, 2.24) is 0 Å². The minimum atomic E-state index is -1.62. The first-order valence-corrected chi connectivity index (χ1v) is 39.8. The number of ether oxygens (including phenoxy) is 4. The molecule has 0 saturated carbocycles. The molecule has 534 valence electrons. The molecule has 2 atom stereocenters. The van der Waals surface area contributed by atoms with Crippen LogP contribution in [-0.2, 0) is 33.3 Å². The Labute approximate surface area is 565 Å². The van der Waals surface area contributed by atoms with Crippen molar-refractivity contribution in [2.75, 3.05) is 47.5 Å². The first-order chi connectivity index (χ1) is 44.6. The van der Waals surface area contributed by atoms with Crippen molar-refractivity contribution in [3.05, 3.63) is 48.6 Å². The fourth-order valence-electron chi connectivity index (χ4n) is 12.0. The monoisotopic (exact) mass is 1280 g/mol. The van der Waals surface area contributed by atoms with Crippen LogP contribution in [0.15, 0.2) is 48.6 Å². The lowest BCUT2D eigenvalue weighted by atomic mass is 10.0. The maximum absolute atomic E-state index is 13.0. The van der Waals surface area contributed by atoms with Crippen LogP contribution in [0.1, 0.15) is 399 Å². The van der Waals surface area contributed by atoms with E-state index in [4.69, 9.17) is 18.9 Å². The van der Waals surface area contributed by atoms with Crippen LogP contribution in [0.4, 0.5) is 0 Å². The van der Waals surface area contributed by atoms with Crippen LogP contribution in [0.25, 0.3) is 0 Å². The molecule has 0 radical (unpaired) electrons. The van der Waals surface area contributed by atoms with Crippen LogP contribution in [0, 0.1) is 0 Å². The second-order valence-electron chi connectivity index (χ2n) is 28.4. The summed E-state index contributed by atoms with van der Waals surface area (Å²) in [7, 11) is 5.95. The molecule has 2 unspecified atom stereocenters. The van der Waals surface area contributed by atoms with Crippen molar-refractivity contribution < 1.29 is 42.9 Å². The van der Waals surface area contributed by atoms with Gasteiger partial charge < -0.3 is 33.3 Å². The van der Waals surface area contributed by atoms with Crippen LogP contribution in [-0.4, -0.2) is 82.3 Å². The second-order valence-corrected chi connectivity index (χ2v) is 28.4. The molecule has 0 rings (SSSR count). The first-order valence-electron chi connectivity index (χ1n) is 39.8. The van der Waals surface area contributed by atoms with Gasteiger partial charge in [-0.05, 0) is 77.0 Å². The second kappa shape index (κ2) is 73.1. The predicted octanol–water partition coefficient (Wildman–Crippen LogP) is 23.9. The van der Waals surface area contributed by atoms with E-state index in [0.29, 0.717) is 23.9 Å². The van der Waals surface area contributed by atoms with Gasteiger partial charge in [-0.3, -0.25) is 9.59 Å². The number of carboxylic acid groups (broad SMARTS) is 1. The molecule has 0 N–H and O–H groups in total. The summed E-state index contributed by atoms with van der Waals surface area (Å²) in [5.41, 5.74) is 0. The quantitative estimate of drug-likeness (QED) is 0.0195. The van der Waals surface area contributed by atoms with E-state index in [9.17, 15) is 19.5 Å². The number of rotatable bonds is 75. The van der Waals surface area contributed by atoms with E-state index in [1.807, 2.05) is 21.1 Å². The molecule has 0 amide bonds. The van der Waals surface area contributed by atoms with Gasteiger partial charge in [0.25, 0.3) is 0 Å². The van der Waals surface area contributed by atoms with Crippen molar-refractivity contribution >= 4 is 17.9 Å². The number of carbonyl (C=O) groups is 3. The number of esters is 2. The Hall–Kier alpha value is -2.75. The Morgan fingerprint density at radius 1 is 0.330 bits per heavy atom.